The molecular formula is C14H19ClN2O. The van der Waals surface area contributed by atoms with Crippen LogP contribution in [0.3, 0.4) is 0 Å². The van der Waals surface area contributed by atoms with Gasteiger partial charge in [-0.2, -0.15) is 0 Å². The highest BCUT2D eigenvalue weighted by molar-refractivity contribution is 6.29. The molecule has 0 aromatic carbocycles. The van der Waals surface area contributed by atoms with Crippen LogP contribution in [0.4, 0.5) is 5.69 Å². The third-order valence-corrected chi connectivity index (χ3v) is 3.67. The number of amides is 1. The van der Waals surface area contributed by atoms with Crippen LogP contribution in [0.1, 0.15) is 44.9 Å². The van der Waals surface area contributed by atoms with E-state index < -0.39 is 0 Å². The molecule has 1 saturated carbocycles. The van der Waals surface area contributed by atoms with Gasteiger partial charge in [0, 0.05) is 18.3 Å². The zero-order chi connectivity index (χ0) is 12.8. The molecule has 0 aliphatic heterocycles. The average Bonchev–Trinajstić information content (AvgIpc) is 2.57. The van der Waals surface area contributed by atoms with E-state index in [1.54, 1.807) is 18.3 Å². The van der Waals surface area contributed by atoms with E-state index in [2.05, 4.69) is 10.3 Å². The maximum Gasteiger partial charge on any atom is 0.224 e. The lowest BCUT2D eigenvalue weighted by atomic mass is 9.96. The Balaban J connectivity index is 1.84. The summed E-state index contributed by atoms with van der Waals surface area (Å²) in [5, 5.41) is 3.29. The Kier molecular flexibility index (Phi) is 5.00. The van der Waals surface area contributed by atoms with Gasteiger partial charge in [0.25, 0.3) is 0 Å². The van der Waals surface area contributed by atoms with Crippen molar-refractivity contribution < 1.29 is 4.79 Å². The number of anilines is 1. The Bertz CT molecular complexity index is 401. The molecule has 2 rings (SSSR count). The summed E-state index contributed by atoms with van der Waals surface area (Å²) in [7, 11) is 0. The first-order valence-electron chi connectivity index (χ1n) is 6.65. The van der Waals surface area contributed by atoms with Crippen LogP contribution in [-0.2, 0) is 4.79 Å². The van der Waals surface area contributed by atoms with Crippen LogP contribution in [0.25, 0.3) is 0 Å². The highest BCUT2D eigenvalue weighted by Gasteiger charge is 2.16. The lowest BCUT2D eigenvalue weighted by molar-refractivity contribution is -0.117. The van der Waals surface area contributed by atoms with Crippen molar-refractivity contribution in [2.24, 2.45) is 5.92 Å². The van der Waals surface area contributed by atoms with Gasteiger partial charge in [-0.15, -0.1) is 0 Å². The molecule has 98 valence electrons. The lowest BCUT2D eigenvalue weighted by Gasteiger charge is -2.13. The molecule has 1 aromatic rings. The van der Waals surface area contributed by atoms with E-state index in [0.717, 1.165) is 5.69 Å². The molecule has 1 aliphatic rings. The first kappa shape index (κ1) is 13.3. The lowest BCUT2D eigenvalue weighted by Crippen LogP contribution is -2.16. The maximum atomic E-state index is 11.9. The van der Waals surface area contributed by atoms with E-state index in [4.69, 9.17) is 11.6 Å². The van der Waals surface area contributed by atoms with Gasteiger partial charge >= 0.3 is 0 Å². The Morgan fingerprint density at radius 1 is 1.33 bits per heavy atom. The van der Waals surface area contributed by atoms with E-state index >= 15 is 0 Å². The summed E-state index contributed by atoms with van der Waals surface area (Å²) in [5.41, 5.74) is 0.730. The van der Waals surface area contributed by atoms with Gasteiger partial charge in [0.15, 0.2) is 0 Å². The van der Waals surface area contributed by atoms with E-state index in [-0.39, 0.29) is 5.91 Å². The number of aromatic nitrogens is 1. The Labute approximate surface area is 113 Å². The monoisotopic (exact) mass is 266 g/mol. The van der Waals surface area contributed by atoms with Gasteiger partial charge in [0.05, 0.1) is 0 Å². The predicted octanol–water partition coefficient (Wildman–Crippen LogP) is 4.03. The molecule has 1 amide bonds. The molecule has 1 N–H and O–H groups in total. The van der Waals surface area contributed by atoms with Crippen LogP contribution in [-0.4, -0.2) is 10.9 Å². The highest BCUT2D eigenvalue weighted by atomic mass is 35.5. The first-order valence-corrected chi connectivity index (χ1v) is 7.03. The molecule has 1 fully saturated rings. The predicted molar refractivity (Wildman–Crippen MR) is 73.7 cm³/mol. The molecule has 1 aromatic heterocycles. The Morgan fingerprint density at radius 3 is 2.72 bits per heavy atom. The van der Waals surface area contributed by atoms with E-state index in [1.165, 1.54) is 38.5 Å². The molecule has 0 radical (unpaired) electrons. The van der Waals surface area contributed by atoms with Crippen LogP contribution in [0, 0.1) is 5.92 Å². The third kappa shape index (κ3) is 4.30. The minimum absolute atomic E-state index is 0.0872. The summed E-state index contributed by atoms with van der Waals surface area (Å²) in [4.78, 5) is 15.8. The second-order valence-corrected chi connectivity index (χ2v) is 5.36. The summed E-state index contributed by atoms with van der Waals surface area (Å²) in [5.74, 6) is 0.633. The van der Waals surface area contributed by atoms with E-state index in [1.807, 2.05) is 0 Å². The normalized spacial score (nSPS) is 17.2. The molecule has 4 heteroatoms. The van der Waals surface area contributed by atoms with Crippen LogP contribution in [0.5, 0.6) is 0 Å². The summed E-state index contributed by atoms with van der Waals surface area (Å²) in [6, 6.07) is 3.43. The number of nitrogens with zero attached hydrogens (tertiary/aromatic N) is 1. The molecule has 0 atom stereocenters. The van der Waals surface area contributed by atoms with Gasteiger partial charge in [0.2, 0.25) is 5.91 Å². The number of nitrogens with one attached hydrogen (secondary N) is 1. The number of hydrogen-bond donors (Lipinski definition) is 1. The fraction of sp³-hybridized carbons (Fsp3) is 0.571. The van der Waals surface area contributed by atoms with Crippen molar-refractivity contribution in [2.45, 2.75) is 44.9 Å². The number of rotatable bonds is 3. The van der Waals surface area contributed by atoms with Crippen molar-refractivity contribution in [3.05, 3.63) is 23.5 Å². The molecular weight excluding hydrogens is 248 g/mol. The molecule has 18 heavy (non-hydrogen) atoms. The smallest absolute Gasteiger partial charge is 0.224 e. The van der Waals surface area contributed by atoms with Crippen molar-refractivity contribution in [2.75, 3.05) is 5.32 Å². The molecule has 0 spiro atoms. The topological polar surface area (TPSA) is 42.0 Å². The maximum absolute atomic E-state index is 11.9. The van der Waals surface area contributed by atoms with Crippen LogP contribution in [0.2, 0.25) is 5.15 Å². The second-order valence-electron chi connectivity index (χ2n) is 4.98. The van der Waals surface area contributed by atoms with Gasteiger partial charge in [-0.1, -0.05) is 37.3 Å². The number of halogens is 1. The SMILES string of the molecule is O=C(CC1CCCCCC1)Nc1ccnc(Cl)c1. The van der Waals surface area contributed by atoms with Crippen LogP contribution < -0.4 is 5.32 Å². The molecule has 3 nitrogen and oxygen atoms in total. The fourth-order valence-electron chi connectivity index (χ4n) is 2.52. The number of carbonyl (C=O) groups excluding carboxylic acids is 1. The average molecular weight is 267 g/mol. The highest BCUT2D eigenvalue weighted by Crippen LogP contribution is 2.25. The minimum atomic E-state index is 0.0872. The number of carbonyl (C=O) groups is 1. The molecule has 1 heterocycles. The third-order valence-electron chi connectivity index (χ3n) is 3.46. The largest absolute Gasteiger partial charge is 0.326 e. The second kappa shape index (κ2) is 6.74. The zero-order valence-corrected chi connectivity index (χ0v) is 11.2. The number of pyridine rings is 1. The quantitative estimate of drug-likeness (QED) is 0.663. The summed E-state index contributed by atoms with van der Waals surface area (Å²) in [6.45, 7) is 0. The van der Waals surface area contributed by atoms with Crippen molar-refractivity contribution >= 4 is 23.2 Å². The van der Waals surface area contributed by atoms with E-state index in [0.29, 0.717) is 17.5 Å². The Hall–Kier alpha value is -1.09. The van der Waals surface area contributed by atoms with Gasteiger partial charge in [-0.25, -0.2) is 4.98 Å². The van der Waals surface area contributed by atoms with Crippen molar-refractivity contribution in [3.8, 4) is 0 Å². The standard InChI is InChI=1S/C14H19ClN2O/c15-13-10-12(7-8-16-13)17-14(18)9-11-5-3-1-2-4-6-11/h7-8,10-11H,1-6,9H2,(H,16,17,18). The van der Waals surface area contributed by atoms with E-state index in [9.17, 15) is 4.79 Å². The molecule has 0 saturated heterocycles. The molecule has 1 aliphatic carbocycles. The minimum Gasteiger partial charge on any atom is -0.326 e. The first-order chi connectivity index (χ1) is 8.74. The van der Waals surface area contributed by atoms with Gasteiger partial charge in [-0.05, 0) is 30.9 Å². The van der Waals surface area contributed by atoms with Crippen LogP contribution in [0.15, 0.2) is 18.3 Å². The molecule has 0 unspecified atom stereocenters. The van der Waals surface area contributed by atoms with Crippen LogP contribution >= 0.6 is 11.6 Å². The van der Waals surface area contributed by atoms with Crippen molar-refractivity contribution in [1.82, 2.24) is 4.98 Å². The summed E-state index contributed by atoms with van der Waals surface area (Å²) in [6.07, 6.45) is 9.76. The van der Waals surface area contributed by atoms with Crippen molar-refractivity contribution in [3.63, 3.8) is 0 Å². The number of hydrogen-bond acceptors (Lipinski definition) is 2. The Morgan fingerprint density at radius 2 is 2.06 bits per heavy atom. The summed E-state index contributed by atoms with van der Waals surface area (Å²) >= 11 is 5.78. The van der Waals surface area contributed by atoms with Crippen molar-refractivity contribution in [1.29, 1.82) is 0 Å². The van der Waals surface area contributed by atoms with Gasteiger partial charge < -0.3 is 5.32 Å². The molecule has 0 bridgehead atoms. The zero-order valence-electron chi connectivity index (χ0n) is 10.5. The van der Waals surface area contributed by atoms with Gasteiger partial charge in [0.1, 0.15) is 5.15 Å². The summed E-state index contributed by atoms with van der Waals surface area (Å²) < 4.78 is 0. The van der Waals surface area contributed by atoms with Gasteiger partial charge in [-0.3, -0.25) is 4.79 Å². The fourth-order valence-corrected chi connectivity index (χ4v) is 2.70.